The van der Waals surface area contributed by atoms with Gasteiger partial charge in [-0.1, -0.05) is 55.8 Å². The van der Waals surface area contributed by atoms with Crippen molar-refractivity contribution in [2.75, 3.05) is 0 Å². The molecule has 1 aromatic carbocycles. The van der Waals surface area contributed by atoms with Crippen LogP contribution in [0.15, 0.2) is 36.7 Å². The Balaban J connectivity index is 2.61. The number of halogens is 1. The largest absolute Gasteiger partial charge is 0.236 e. The Morgan fingerprint density at radius 3 is 2.38 bits per heavy atom. The Morgan fingerprint density at radius 1 is 1.06 bits per heavy atom. The number of nitrogens with zero attached hydrogens (tertiary/aromatic N) is 2. The third kappa shape index (κ3) is 2.07. The minimum atomic E-state index is 0.309. The first-order valence-electron chi connectivity index (χ1n) is 5.26. The SMILES string of the molecule is CC(C)c1c(Cl)ncnc1-c1ccccc1. The van der Waals surface area contributed by atoms with Crippen molar-refractivity contribution >= 4 is 11.6 Å². The summed E-state index contributed by atoms with van der Waals surface area (Å²) in [5.41, 5.74) is 3.02. The van der Waals surface area contributed by atoms with Gasteiger partial charge in [-0.2, -0.15) is 0 Å². The van der Waals surface area contributed by atoms with Crippen molar-refractivity contribution in [1.82, 2.24) is 9.97 Å². The highest BCUT2D eigenvalue weighted by molar-refractivity contribution is 6.30. The maximum atomic E-state index is 6.12. The minimum Gasteiger partial charge on any atom is -0.236 e. The normalized spacial score (nSPS) is 10.8. The molecule has 0 amide bonds. The molecule has 0 saturated carbocycles. The molecule has 1 aromatic heterocycles. The molecule has 82 valence electrons. The van der Waals surface area contributed by atoms with Gasteiger partial charge in [0.1, 0.15) is 11.5 Å². The third-order valence-electron chi connectivity index (χ3n) is 2.46. The summed E-state index contributed by atoms with van der Waals surface area (Å²) in [5, 5.41) is 0.545. The molecule has 0 fully saturated rings. The lowest BCUT2D eigenvalue weighted by molar-refractivity contribution is 0.850. The molecular weight excluding hydrogens is 220 g/mol. The number of hydrogen-bond donors (Lipinski definition) is 0. The molecule has 2 rings (SSSR count). The lowest BCUT2D eigenvalue weighted by Crippen LogP contribution is -1.98. The summed E-state index contributed by atoms with van der Waals surface area (Å²) in [6.45, 7) is 4.19. The summed E-state index contributed by atoms with van der Waals surface area (Å²) in [4.78, 5) is 8.38. The van der Waals surface area contributed by atoms with Crippen molar-refractivity contribution in [2.45, 2.75) is 19.8 Å². The van der Waals surface area contributed by atoms with Gasteiger partial charge in [-0.25, -0.2) is 9.97 Å². The van der Waals surface area contributed by atoms with E-state index in [1.165, 1.54) is 6.33 Å². The van der Waals surface area contributed by atoms with Crippen molar-refractivity contribution < 1.29 is 0 Å². The minimum absolute atomic E-state index is 0.309. The van der Waals surface area contributed by atoms with E-state index in [2.05, 4.69) is 23.8 Å². The van der Waals surface area contributed by atoms with Crippen molar-refractivity contribution in [3.63, 3.8) is 0 Å². The molecule has 16 heavy (non-hydrogen) atoms. The van der Waals surface area contributed by atoms with Crippen LogP contribution in [0.3, 0.4) is 0 Å². The van der Waals surface area contributed by atoms with Crippen LogP contribution < -0.4 is 0 Å². The van der Waals surface area contributed by atoms with Crippen LogP contribution in [0.2, 0.25) is 5.15 Å². The maximum absolute atomic E-state index is 6.12. The molecule has 0 bridgehead atoms. The summed E-state index contributed by atoms with van der Waals surface area (Å²) in [5.74, 6) is 0.309. The van der Waals surface area contributed by atoms with E-state index < -0.39 is 0 Å². The Morgan fingerprint density at radius 2 is 1.75 bits per heavy atom. The first-order valence-corrected chi connectivity index (χ1v) is 5.63. The second-order valence-electron chi connectivity index (χ2n) is 3.95. The molecule has 0 unspecified atom stereocenters. The third-order valence-corrected chi connectivity index (χ3v) is 2.76. The van der Waals surface area contributed by atoms with Gasteiger partial charge in [-0.15, -0.1) is 0 Å². The number of rotatable bonds is 2. The Labute approximate surface area is 100 Å². The van der Waals surface area contributed by atoms with E-state index in [1.54, 1.807) is 0 Å². The van der Waals surface area contributed by atoms with E-state index in [-0.39, 0.29) is 0 Å². The number of aromatic nitrogens is 2. The van der Waals surface area contributed by atoms with Crippen molar-refractivity contribution in [2.24, 2.45) is 0 Å². The van der Waals surface area contributed by atoms with Gasteiger partial charge in [-0.3, -0.25) is 0 Å². The molecule has 1 heterocycles. The zero-order valence-electron chi connectivity index (χ0n) is 9.31. The second kappa shape index (κ2) is 4.62. The maximum Gasteiger partial charge on any atom is 0.136 e. The first kappa shape index (κ1) is 11.1. The van der Waals surface area contributed by atoms with Crippen molar-refractivity contribution in [3.05, 3.63) is 47.4 Å². The van der Waals surface area contributed by atoms with Gasteiger partial charge in [0.25, 0.3) is 0 Å². The van der Waals surface area contributed by atoms with Crippen LogP contribution >= 0.6 is 11.6 Å². The van der Waals surface area contributed by atoms with E-state index in [4.69, 9.17) is 11.6 Å². The molecule has 0 aliphatic rings. The highest BCUT2D eigenvalue weighted by atomic mass is 35.5. The van der Waals surface area contributed by atoms with Gasteiger partial charge in [0.05, 0.1) is 5.69 Å². The average molecular weight is 233 g/mol. The Kier molecular flexibility index (Phi) is 3.20. The van der Waals surface area contributed by atoms with Crippen molar-refractivity contribution in [1.29, 1.82) is 0 Å². The van der Waals surface area contributed by atoms with Crippen LogP contribution in [0.1, 0.15) is 25.3 Å². The van der Waals surface area contributed by atoms with E-state index in [9.17, 15) is 0 Å². The molecule has 0 aliphatic carbocycles. The van der Waals surface area contributed by atoms with Crippen LogP contribution in [0, 0.1) is 0 Å². The lowest BCUT2D eigenvalue weighted by atomic mass is 9.99. The van der Waals surface area contributed by atoms with E-state index in [0.29, 0.717) is 11.1 Å². The molecule has 0 spiro atoms. The summed E-state index contributed by atoms with van der Waals surface area (Å²) >= 11 is 6.12. The predicted octanol–water partition coefficient (Wildman–Crippen LogP) is 3.92. The second-order valence-corrected chi connectivity index (χ2v) is 4.31. The van der Waals surface area contributed by atoms with Crippen LogP contribution in [-0.4, -0.2) is 9.97 Å². The molecule has 0 atom stereocenters. The van der Waals surface area contributed by atoms with Crippen LogP contribution in [0.25, 0.3) is 11.3 Å². The fraction of sp³-hybridized carbons (Fsp3) is 0.231. The molecule has 0 aliphatic heterocycles. The zero-order chi connectivity index (χ0) is 11.5. The fourth-order valence-electron chi connectivity index (χ4n) is 1.71. The monoisotopic (exact) mass is 232 g/mol. The van der Waals surface area contributed by atoms with Crippen LogP contribution in [-0.2, 0) is 0 Å². The van der Waals surface area contributed by atoms with Gasteiger partial charge in [-0.05, 0) is 5.92 Å². The summed E-state index contributed by atoms with van der Waals surface area (Å²) in [7, 11) is 0. The molecule has 2 aromatic rings. The van der Waals surface area contributed by atoms with Gasteiger partial charge < -0.3 is 0 Å². The van der Waals surface area contributed by atoms with Gasteiger partial charge in [0, 0.05) is 11.1 Å². The van der Waals surface area contributed by atoms with E-state index >= 15 is 0 Å². The summed E-state index contributed by atoms with van der Waals surface area (Å²) < 4.78 is 0. The van der Waals surface area contributed by atoms with E-state index in [0.717, 1.165) is 16.8 Å². The Bertz CT molecular complexity index is 481. The molecule has 2 nitrogen and oxygen atoms in total. The molecule has 0 radical (unpaired) electrons. The van der Waals surface area contributed by atoms with Crippen LogP contribution in [0.5, 0.6) is 0 Å². The van der Waals surface area contributed by atoms with E-state index in [1.807, 2.05) is 30.3 Å². The average Bonchev–Trinajstić information content (AvgIpc) is 2.29. The quantitative estimate of drug-likeness (QED) is 0.734. The van der Waals surface area contributed by atoms with Crippen LogP contribution in [0.4, 0.5) is 0 Å². The highest BCUT2D eigenvalue weighted by Crippen LogP contribution is 2.31. The molecule has 0 N–H and O–H groups in total. The fourth-order valence-corrected chi connectivity index (χ4v) is 2.06. The number of benzene rings is 1. The molecular formula is C13H13ClN2. The van der Waals surface area contributed by atoms with Gasteiger partial charge in [0.15, 0.2) is 0 Å². The predicted molar refractivity (Wildman–Crippen MR) is 66.6 cm³/mol. The van der Waals surface area contributed by atoms with Gasteiger partial charge >= 0.3 is 0 Å². The van der Waals surface area contributed by atoms with Gasteiger partial charge in [0.2, 0.25) is 0 Å². The zero-order valence-corrected chi connectivity index (χ0v) is 10.1. The summed E-state index contributed by atoms with van der Waals surface area (Å²) in [6.07, 6.45) is 1.51. The molecule has 3 heteroatoms. The molecule has 0 saturated heterocycles. The summed E-state index contributed by atoms with van der Waals surface area (Å²) in [6, 6.07) is 10.0. The smallest absolute Gasteiger partial charge is 0.136 e. The van der Waals surface area contributed by atoms with Crippen molar-refractivity contribution in [3.8, 4) is 11.3 Å². The number of hydrogen-bond acceptors (Lipinski definition) is 2. The lowest BCUT2D eigenvalue weighted by Gasteiger charge is -2.12. The topological polar surface area (TPSA) is 25.8 Å². The Hall–Kier alpha value is -1.41. The first-order chi connectivity index (χ1) is 7.70. The highest BCUT2D eigenvalue weighted by Gasteiger charge is 2.14. The standard InChI is InChI=1S/C13H13ClN2/c1-9(2)11-12(15-8-16-13(11)14)10-6-4-3-5-7-10/h3-9H,1-2H3.